The summed E-state index contributed by atoms with van der Waals surface area (Å²) in [5, 5.41) is 17.2. The minimum Gasteiger partial charge on any atom is -0.396 e. The lowest BCUT2D eigenvalue weighted by Crippen LogP contribution is -2.25. The van der Waals surface area contributed by atoms with Crippen molar-refractivity contribution in [2.45, 2.75) is 39.5 Å². The van der Waals surface area contributed by atoms with Crippen molar-refractivity contribution >= 4 is 21.8 Å². The molecule has 0 aliphatic rings. The maximum Gasteiger partial charge on any atom is 0.705 e. The van der Waals surface area contributed by atoms with Crippen molar-refractivity contribution in [1.29, 1.82) is 5.41 Å². The van der Waals surface area contributed by atoms with Crippen LogP contribution in [0.25, 0.3) is 0 Å². The molecule has 10 nitrogen and oxygen atoms in total. The summed E-state index contributed by atoms with van der Waals surface area (Å²) in [5.41, 5.74) is 2.71. The summed E-state index contributed by atoms with van der Waals surface area (Å²) in [4.78, 5) is 17.8. The quantitative estimate of drug-likeness (QED) is 0.241. The van der Waals surface area contributed by atoms with Gasteiger partial charge in [-0.25, -0.2) is 4.57 Å². The minimum atomic E-state index is -4.77. The molecule has 0 radical (unpaired) electrons. The van der Waals surface area contributed by atoms with Crippen molar-refractivity contribution in [3.8, 4) is 12.3 Å². The molecule has 12 heteroatoms. The van der Waals surface area contributed by atoms with Gasteiger partial charge in [0.25, 0.3) is 0 Å². The molecule has 4 unspecified atom stereocenters. The number of aromatic nitrogens is 1. The van der Waals surface area contributed by atoms with Gasteiger partial charge in [-0.2, -0.15) is 0 Å². The van der Waals surface area contributed by atoms with Gasteiger partial charge in [0.15, 0.2) is 0 Å². The number of aryl methyl sites for hydroxylation is 1. The average Bonchev–Trinajstić information content (AvgIpc) is 2.83. The first-order valence-electron chi connectivity index (χ1n) is 7.81. The summed E-state index contributed by atoms with van der Waals surface area (Å²) < 4.78 is 37.9. The summed E-state index contributed by atoms with van der Waals surface area (Å²) in [6.07, 6.45) is 5.47. The van der Waals surface area contributed by atoms with E-state index in [-0.39, 0.29) is 13.0 Å². The van der Waals surface area contributed by atoms with Gasteiger partial charge in [-0.1, -0.05) is 5.92 Å². The highest BCUT2D eigenvalue weighted by molar-refractivity contribution is 7.55. The van der Waals surface area contributed by atoms with E-state index >= 15 is 0 Å². The Kier molecular flexibility index (Phi) is 8.95. The van der Waals surface area contributed by atoms with Crippen LogP contribution in [-0.4, -0.2) is 44.5 Å². The van der Waals surface area contributed by atoms with Gasteiger partial charge in [-0.15, -0.1) is 11.3 Å². The lowest BCUT2D eigenvalue weighted by molar-refractivity contribution is -0.0583. The molecular formula is C15H23N2O8P2+. The number of hydrogen-bond acceptors (Lipinski definition) is 7. The van der Waals surface area contributed by atoms with Gasteiger partial charge in [0.05, 0.1) is 6.61 Å². The largest absolute Gasteiger partial charge is 0.705 e. The lowest BCUT2D eigenvalue weighted by atomic mass is 10.1. The fourth-order valence-electron chi connectivity index (χ4n) is 2.62. The molecule has 4 atom stereocenters. The van der Waals surface area contributed by atoms with Crippen LogP contribution in [0.3, 0.4) is 0 Å². The van der Waals surface area contributed by atoms with Crippen molar-refractivity contribution in [3.63, 3.8) is 0 Å². The van der Waals surface area contributed by atoms with Crippen molar-refractivity contribution in [3.05, 3.63) is 23.0 Å². The van der Waals surface area contributed by atoms with Gasteiger partial charge in [0, 0.05) is 40.8 Å². The zero-order valence-electron chi connectivity index (χ0n) is 15.2. The molecule has 0 saturated heterocycles. The molecule has 0 spiro atoms. The SMILES string of the molecule is C#CC(COP(=O)(O)O[P+](=O)O)OC(CCO)n1cc(C)c(C(C)=N)c1C. The number of rotatable bonds is 11. The van der Waals surface area contributed by atoms with Crippen LogP contribution in [0.1, 0.15) is 36.4 Å². The first-order valence-corrected chi connectivity index (χ1v) is 10.4. The molecule has 0 saturated carbocycles. The van der Waals surface area contributed by atoms with Crippen molar-refractivity contribution in [2.24, 2.45) is 0 Å². The van der Waals surface area contributed by atoms with Crippen LogP contribution in [-0.2, 0) is 22.7 Å². The standard InChI is InChI=1S/C15H22N2O8P2/c1-5-13(9-23-27(21,22)25-26(19)20)24-14(6-7-18)17-8-10(2)15(11(3)16)12(17)4/h1,8,13-14,16,18H,6-7,9H2,2-4H3,(H-,19,20,21,22)/p+1. The third-order valence-corrected chi connectivity index (χ3v) is 5.47. The van der Waals surface area contributed by atoms with Gasteiger partial charge >= 0.3 is 16.1 Å². The summed E-state index contributed by atoms with van der Waals surface area (Å²) in [5.74, 6) is 2.24. The highest BCUT2D eigenvalue weighted by atomic mass is 31.2. The average molecular weight is 421 g/mol. The molecule has 4 N–H and O–H groups in total. The van der Waals surface area contributed by atoms with Gasteiger partial charge in [-0.05, 0) is 30.6 Å². The van der Waals surface area contributed by atoms with E-state index in [4.69, 9.17) is 21.5 Å². The number of nitrogens with one attached hydrogen (secondary N) is 1. The smallest absolute Gasteiger partial charge is 0.396 e. The molecule has 1 aromatic heterocycles. The molecule has 1 aromatic rings. The second-order valence-electron chi connectivity index (χ2n) is 5.65. The van der Waals surface area contributed by atoms with E-state index < -0.39 is 35.0 Å². The molecule has 0 aromatic carbocycles. The third kappa shape index (κ3) is 6.92. The minimum absolute atomic E-state index is 0.166. The van der Waals surface area contributed by atoms with Crippen molar-refractivity contribution in [1.82, 2.24) is 4.57 Å². The van der Waals surface area contributed by atoms with E-state index in [1.165, 1.54) is 0 Å². The number of hydrogen-bond donors (Lipinski definition) is 4. The van der Waals surface area contributed by atoms with E-state index in [0.29, 0.717) is 5.71 Å². The molecular weight excluding hydrogens is 398 g/mol. The van der Waals surface area contributed by atoms with Crippen LogP contribution in [0.2, 0.25) is 0 Å². The topological polar surface area (TPSA) is 151 Å². The number of nitrogens with zero attached hydrogens (tertiary/aromatic N) is 1. The van der Waals surface area contributed by atoms with Crippen molar-refractivity contribution < 1.29 is 37.6 Å². The number of phosphoric ester groups is 1. The fraction of sp³-hybridized carbons (Fsp3) is 0.533. The Morgan fingerprint density at radius 1 is 1.52 bits per heavy atom. The Labute approximate surface area is 158 Å². The predicted octanol–water partition coefficient (Wildman–Crippen LogP) is 2.18. The monoisotopic (exact) mass is 421 g/mol. The fourth-order valence-corrected chi connectivity index (χ4v) is 3.84. The Morgan fingerprint density at radius 3 is 2.59 bits per heavy atom. The van der Waals surface area contributed by atoms with Crippen LogP contribution in [0.15, 0.2) is 6.20 Å². The molecule has 1 heterocycles. The van der Waals surface area contributed by atoms with Crippen LogP contribution in [0.4, 0.5) is 0 Å². The maximum absolute atomic E-state index is 11.5. The number of ether oxygens (including phenoxy) is 1. The number of terminal acetylenes is 1. The predicted molar refractivity (Wildman–Crippen MR) is 97.5 cm³/mol. The number of aliphatic hydroxyl groups is 1. The molecule has 0 aliphatic heterocycles. The molecule has 0 fully saturated rings. The molecule has 0 bridgehead atoms. The first-order chi connectivity index (χ1) is 12.5. The van der Waals surface area contributed by atoms with Crippen LogP contribution in [0, 0.1) is 31.6 Å². The molecule has 150 valence electrons. The van der Waals surface area contributed by atoms with E-state index in [2.05, 4.69) is 14.8 Å². The summed E-state index contributed by atoms with van der Waals surface area (Å²) in [6, 6.07) is 0. The van der Waals surface area contributed by atoms with E-state index in [9.17, 15) is 19.1 Å². The molecule has 0 amide bonds. The Balaban J connectivity index is 2.97. The molecule has 27 heavy (non-hydrogen) atoms. The second kappa shape index (κ2) is 10.2. The number of aliphatic hydroxyl groups excluding tert-OH is 1. The first kappa shape index (κ1) is 23.6. The highest BCUT2D eigenvalue weighted by Crippen LogP contribution is 2.50. The maximum atomic E-state index is 11.5. The van der Waals surface area contributed by atoms with Gasteiger partial charge in [-0.3, -0.25) is 9.42 Å². The zero-order valence-corrected chi connectivity index (χ0v) is 16.9. The van der Waals surface area contributed by atoms with Gasteiger partial charge < -0.3 is 19.8 Å². The lowest BCUT2D eigenvalue weighted by Gasteiger charge is -2.24. The van der Waals surface area contributed by atoms with Gasteiger partial charge in [0.2, 0.25) is 0 Å². The summed E-state index contributed by atoms with van der Waals surface area (Å²) in [6.45, 7) is 4.49. The van der Waals surface area contributed by atoms with Gasteiger partial charge in [0.1, 0.15) is 12.3 Å². The Hall–Kier alpha value is -1.40. The number of phosphoric acid groups is 1. The highest BCUT2D eigenvalue weighted by Gasteiger charge is 2.35. The Morgan fingerprint density at radius 2 is 2.15 bits per heavy atom. The summed E-state index contributed by atoms with van der Waals surface area (Å²) in [7, 11) is -8.10. The van der Waals surface area contributed by atoms with Crippen molar-refractivity contribution in [2.75, 3.05) is 13.2 Å². The van der Waals surface area contributed by atoms with E-state index in [0.717, 1.165) is 16.8 Å². The van der Waals surface area contributed by atoms with E-state index in [1.54, 1.807) is 24.6 Å². The molecule has 1 rings (SSSR count). The van der Waals surface area contributed by atoms with Crippen LogP contribution >= 0.6 is 16.1 Å². The van der Waals surface area contributed by atoms with E-state index in [1.807, 2.05) is 6.92 Å². The zero-order chi connectivity index (χ0) is 20.8. The Bertz CT molecular complexity index is 786. The normalized spacial score (nSPS) is 16.3. The summed E-state index contributed by atoms with van der Waals surface area (Å²) >= 11 is 0. The molecule has 0 aliphatic carbocycles. The second-order valence-corrected chi connectivity index (χ2v) is 7.97. The third-order valence-electron chi connectivity index (χ3n) is 3.61. The van der Waals surface area contributed by atoms with Crippen LogP contribution in [0.5, 0.6) is 0 Å². The van der Waals surface area contributed by atoms with Crippen LogP contribution < -0.4 is 0 Å².